The summed E-state index contributed by atoms with van der Waals surface area (Å²) in [5.74, 6) is 0. The van der Waals surface area contributed by atoms with Gasteiger partial charge in [0.15, 0.2) is 0 Å². The Morgan fingerprint density at radius 3 is 2.50 bits per heavy atom. The van der Waals surface area contributed by atoms with Gasteiger partial charge in [-0.3, -0.25) is 0 Å². The van der Waals surface area contributed by atoms with E-state index in [4.69, 9.17) is 0 Å². The van der Waals surface area contributed by atoms with Crippen molar-refractivity contribution in [3.05, 3.63) is 53.4 Å². The summed E-state index contributed by atoms with van der Waals surface area (Å²) in [5.41, 5.74) is 4.93. The van der Waals surface area contributed by atoms with Gasteiger partial charge in [-0.25, -0.2) is 0 Å². The largest absolute Gasteiger partial charge is 0.355 e. The number of nitrogens with zero attached hydrogens (tertiary/aromatic N) is 1. The highest BCUT2D eigenvalue weighted by atomic mass is 16.3. The number of nitrogens with one attached hydrogen (secondary N) is 1. The Morgan fingerprint density at radius 2 is 1.83 bits per heavy atom. The van der Waals surface area contributed by atoms with Crippen LogP contribution in [0.2, 0.25) is 0 Å². The monoisotopic (exact) mass is 234 g/mol. The number of aromatic amines is 1. The van der Waals surface area contributed by atoms with Crippen LogP contribution in [0, 0.1) is 4.91 Å². The highest BCUT2D eigenvalue weighted by Gasteiger charge is 2.04. The molecule has 2 aromatic carbocycles. The minimum atomic E-state index is 0.450. The van der Waals surface area contributed by atoms with E-state index in [2.05, 4.69) is 36.2 Å². The number of fused-ring (bicyclic) bond motifs is 1. The molecule has 4 heteroatoms. The van der Waals surface area contributed by atoms with E-state index < -0.39 is 0 Å². The third-order valence-corrected chi connectivity index (χ3v) is 3.17. The number of nitroso groups, excluding NO2 is 1. The lowest BCUT2D eigenvalue weighted by Crippen LogP contribution is -2.00. The van der Waals surface area contributed by atoms with Gasteiger partial charge in [0.2, 0.25) is 0 Å². The first-order valence-electron chi connectivity index (χ1n) is 5.80. The number of rotatable bonds is 2. The van der Waals surface area contributed by atoms with E-state index in [1.807, 2.05) is 18.2 Å². The van der Waals surface area contributed by atoms with Crippen molar-refractivity contribution in [2.24, 2.45) is 5.18 Å². The van der Waals surface area contributed by atoms with Crippen molar-refractivity contribution in [3.63, 3.8) is 0 Å². The van der Waals surface area contributed by atoms with Gasteiger partial charge in [0.25, 0.3) is 0 Å². The van der Waals surface area contributed by atoms with Crippen LogP contribution < -0.4 is 5.46 Å². The molecule has 0 atom stereocenters. The van der Waals surface area contributed by atoms with Gasteiger partial charge in [-0.2, -0.15) is 0 Å². The van der Waals surface area contributed by atoms with E-state index in [0.29, 0.717) is 5.69 Å². The van der Waals surface area contributed by atoms with Crippen LogP contribution in [0.25, 0.3) is 22.2 Å². The summed E-state index contributed by atoms with van der Waals surface area (Å²) in [6.07, 6.45) is 0. The fraction of sp³-hybridized carbons (Fsp3) is 0. The Morgan fingerprint density at radius 1 is 1.06 bits per heavy atom. The zero-order valence-electron chi connectivity index (χ0n) is 9.97. The van der Waals surface area contributed by atoms with Gasteiger partial charge in [-0.05, 0) is 40.4 Å². The molecule has 3 nitrogen and oxygen atoms in total. The van der Waals surface area contributed by atoms with Crippen LogP contribution >= 0.6 is 0 Å². The molecule has 0 saturated carbocycles. The van der Waals surface area contributed by atoms with E-state index in [1.165, 1.54) is 10.8 Å². The molecule has 1 aromatic heterocycles. The molecule has 0 unspecified atom stereocenters. The Bertz CT molecular complexity index is 716. The predicted molar refractivity (Wildman–Crippen MR) is 77.4 cm³/mol. The van der Waals surface area contributed by atoms with Gasteiger partial charge >= 0.3 is 0 Å². The van der Waals surface area contributed by atoms with E-state index in [9.17, 15) is 4.91 Å². The molecule has 0 fully saturated rings. The normalized spacial score (nSPS) is 10.7. The molecule has 3 rings (SSSR count). The number of hydrogen-bond acceptors (Lipinski definition) is 2. The standard InChI is InChI=1S/C14H11BN2O/c15-12-2-1-3-13-11(12)8-14(16-13)9-4-6-10(17-18)7-5-9/h1-8,16H,15H2. The summed E-state index contributed by atoms with van der Waals surface area (Å²) in [7, 11) is 2.10. The second kappa shape index (κ2) is 4.15. The number of aromatic nitrogens is 1. The summed E-state index contributed by atoms with van der Waals surface area (Å²) in [5, 5.41) is 4.13. The van der Waals surface area contributed by atoms with E-state index in [-0.39, 0.29) is 0 Å². The molecule has 0 aliphatic heterocycles. The molecule has 0 radical (unpaired) electrons. The first-order chi connectivity index (χ1) is 8.78. The van der Waals surface area contributed by atoms with Gasteiger partial charge in [-0.15, -0.1) is 4.91 Å². The second-order valence-corrected chi connectivity index (χ2v) is 4.36. The van der Waals surface area contributed by atoms with Crippen molar-refractivity contribution in [1.82, 2.24) is 4.98 Å². The van der Waals surface area contributed by atoms with Crippen LogP contribution in [0.1, 0.15) is 0 Å². The van der Waals surface area contributed by atoms with Crippen LogP contribution in [0.5, 0.6) is 0 Å². The van der Waals surface area contributed by atoms with Gasteiger partial charge in [0.05, 0.1) is 0 Å². The summed E-state index contributed by atoms with van der Waals surface area (Å²) in [6.45, 7) is 0. The zero-order valence-corrected chi connectivity index (χ0v) is 9.97. The van der Waals surface area contributed by atoms with E-state index in [0.717, 1.165) is 16.8 Å². The van der Waals surface area contributed by atoms with Crippen LogP contribution in [0.15, 0.2) is 53.7 Å². The summed E-state index contributed by atoms with van der Waals surface area (Å²) >= 11 is 0. The molecule has 0 spiro atoms. The molecule has 3 aromatic rings. The highest BCUT2D eigenvalue weighted by molar-refractivity contribution is 6.38. The Kier molecular flexibility index (Phi) is 2.48. The number of hydrogen-bond donors (Lipinski definition) is 1. The van der Waals surface area contributed by atoms with Gasteiger partial charge in [-0.1, -0.05) is 29.7 Å². The lowest BCUT2D eigenvalue weighted by atomic mass is 9.92. The maximum absolute atomic E-state index is 10.4. The van der Waals surface area contributed by atoms with E-state index >= 15 is 0 Å². The van der Waals surface area contributed by atoms with Crippen molar-refractivity contribution >= 4 is 29.9 Å². The van der Waals surface area contributed by atoms with Crippen molar-refractivity contribution in [2.45, 2.75) is 0 Å². The highest BCUT2D eigenvalue weighted by Crippen LogP contribution is 2.24. The Hall–Kier alpha value is -2.36. The lowest BCUT2D eigenvalue weighted by Gasteiger charge is -1.96. The van der Waals surface area contributed by atoms with Crippen LogP contribution in [-0.4, -0.2) is 12.8 Å². The van der Waals surface area contributed by atoms with E-state index in [1.54, 1.807) is 12.1 Å². The summed E-state index contributed by atoms with van der Waals surface area (Å²) in [6, 6.07) is 15.6. The first kappa shape index (κ1) is 10.8. The number of H-pyrrole nitrogens is 1. The summed E-state index contributed by atoms with van der Waals surface area (Å²) < 4.78 is 0. The molecule has 0 saturated heterocycles. The SMILES string of the molecule is Bc1cccc2[nH]c(-c3ccc(N=O)cc3)cc12. The molecule has 0 amide bonds. The summed E-state index contributed by atoms with van der Waals surface area (Å²) in [4.78, 5) is 13.8. The molecular weight excluding hydrogens is 223 g/mol. The average molecular weight is 234 g/mol. The molecular formula is C14H11BN2O. The zero-order chi connectivity index (χ0) is 12.5. The molecule has 0 bridgehead atoms. The molecule has 1 heterocycles. The quantitative estimate of drug-likeness (QED) is 0.537. The van der Waals surface area contributed by atoms with Crippen LogP contribution in [-0.2, 0) is 0 Å². The molecule has 0 aliphatic carbocycles. The topological polar surface area (TPSA) is 45.2 Å². The fourth-order valence-electron chi connectivity index (χ4n) is 2.16. The Balaban J connectivity index is 2.13. The van der Waals surface area contributed by atoms with Crippen molar-refractivity contribution in [2.75, 3.05) is 0 Å². The van der Waals surface area contributed by atoms with Crippen molar-refractivity contribution < 1.29 is 0 Å². The predicted octanol–water partition coefficient (Wildman–Crippen LogP) is 2.49. The molecule has 0 aliphatic rings. The minimum Gasteiger partial charge on any atom is -0.355 e. The van der Waals surface area contributed by atoms with Crippen LogP contribution in [0.3, 0.4) is 0 Å². The minimum absolute atomic E-state index is 0.450. The first-order valence-corrected chi connectivity index (χ1v) is 5.80. The van der Waals surface area contributed by atoms with Crippen molar-refractivity contribution in [3.8, 4) is 11.3 Å². The second-order valence-electron chi connectivity index (χ2n) is 4.36. The molecule has 86 valence electrons. The van der Waals surface area contributed by atoms with Gasteiger partial charge in [0, 0.05) is 11.2 Å². The third-order valence-electron chi connectivity index (χ3n) is 3.17. The molecule has 1 N–H and O–H groups in total. The fourth-order valence-corrected chi connectivity index (χ4v) is 2.16. The van der Waals surface area contributed by atoms with Crippen molar-refractivity contribution in [1.29, 1.82) is 0 Å². The smallest absolute Gasteiger partial charge is 0.140 e. The Labute approximate surface area is 105 Å². The molecule has 18 heavy (non-hydrogen) atoms. The lowest BCUT2D eigenvalue weighted by molar-refractivity contribution is 1.44. The maximum Gasteiger partial charge on any atom is 0.140 e. The average Bonchev–Trinajstić information content (AvgIpc) is 2.84. The van der Waals surface area contributed by atoms with Crippen LogP contribution in [0.4, 0.5) is 5.69 Å². The van der Waals surface area contributed by atoms with Gasteiger partial charge < -0.3 is 4.98 Å². The maximum atomic E-state index is 10.4. The number of benzene rings is 2. The third kappa shape index (κ3) is 1.72. The van der Waals surface area contributed by atoms with Gasteiger partial charge in [0.1, 0.15) is 13.5 Å².